The summed E-state index contributed by atoms with van der Waals surface area (Å²) in [5, 5.41) is 16.8. The summed E-state index contributed by atoms with van der Waals surface area (Å²) in [5.74, 6) is -0.791. The molecule has 128 valence electrons. The molecule has 2 aromatic carbocycles. The minimum absolute atomic E-state index is 0.149. The van der Waals surface area contributed by atoms with E-state index in [1.807, 2.05) is 12.1 Å². The van der Waals surface area contributed by atoms with Crippen LogP contribution in [0.2, 0.25) is 0 Å². The molecule has 0 bridgehead atoms. The first-order valence-electron chi connectivity index (χ1n) is 7.75. The molecule has 3 aromatic rings. The van der Waals surface area contributed by atoms with Gasteiger partial charge in [0.2, 0.25) is 5.91 Å². The molecule has 1 amide bonds. The van der Waals surface area contributed by atoms with Crippen LogP contribution in [0.4, 0.5) is 10.1 Å². The number of hydrogen-bond donors (Lipinski definition) is 2. The molecule has 1 atom stereocenters. The van der Waals surface area contributed by atoms with Crippen molar-refractivity contribution in [2.75, 3.05) is 5.32 Å². The first-order valence-corrected chi connectivity index (χ1v) is 7.75. The van der Waals surface area contributed by atoms with E-state index in [0.717, 1.165) is 5.56 Å². The molecular weight excluding hydrogens is 323 g/mol. The summed E-state index contributed by atoms with van der Waals surface area (Å²) in [6.07, 6.45) is 1.90. The van der Waals surface area contributed by atoms with Crippen LogP contribution in [0.3, 0.4) is 0 Å². The highest BCUT2D eigenvalue weighted by atomic mass is 19.1. The quantitative estimate of drug-likeness (QED) is 0.723. The van der Waals surface area contributed by atoms with Crippen LogP contribution in [0.25, 0.3) is 0 Å². The summed E-state index contributed by atoms with van der Waals surface area (Å²) in [6.45, 7) is 0.590. The molecule has 1 unspecified atom stereocenters. The summed E-state index contributed by atoms with van der Waals surface area (Å²) < 4.78 is 14.9. The SMILES string of the molecule is O=C(CC(O)c1cccc(F)c1)Nc1ccc(Cn2cncn2)cc1. The number of aromatic nitrogens is 3. The van der Waals surface area contributed by atoms with Crippen molar-refractivity contribution in [2.24, 2.45) is 0 Å². The molecule has 0 radical (unpaired) electrons. The van der Waals surface area contributed by atoms with Gasteiger partial charge < -0.3 is 10.4 Å². The zero-order valence-corrected chi connectivity index (χ0v) is 13.3. The Kier molecular flexibility index (Phi) is 5.15. The van der Waals surface area contributed by atoms with Crippen molar-refractivity contribution >= 4 is 11.6 Å². The number of aliphatic hydroxyl groups is 1. The van der Waals surface area contributed by atoms with Crippen molar-refractivity contribution in [3.05, 3.63) is 78.1 Å². The van der Waals surface area contributed by atoms with E-state index in [9.17, 15) is 14.3 Å². The van der Waals surface area contributed by atoms with Crippen molar-refractivity contribution in [1.29, 1.82) is 0 Å². The van der Waals surface area contributed by atoms with Gasteiger partial charge in [0, 0.05) is 5.69 Å². The second-order valence-electron chi connectivity index (χ2n) is 5.61. The highest BCUT2D eigenvalue weighted by molar-refractivity contribution is 5.91. The molecule has 0 saturated carbocycles. The van der Waals surface area contributed by atoms with E-state index in [2.05, 4.69) is 15.4 Å². The van der Waals surface area contributed by atoms with Crippen molar-refractivity contribution in [1.82, 2.24) is 14.8 Å². The van der Waals surface area contributed by atoms with E-state index in [-0.39, 0.29) is 12.3 Å². The van der Waals surface area contributed by atoms with Gasteiger partial charge >= 0.3 is 0 Å². The average Bonchev–Trinajstić information content (AvgIpc) is 3.09. The minimum atomic E-state index is -1.05. The predicted octanol–water partition coefficient (Wildman–Crippen LogP) is 2.53. The van der Waals surface area contributed by atoms with E-state index >= 15 is 0 Å². The third-order valence-corrected chi connectivity index (χ3v) is 3.66. The van der Waals surface area contributed by atoms with Crippen molar-refractivity contribution in [3.8, 4) is 0 Å². The molecule has 6 nitrogen and oxygen atoms in total. The van der Waals surface area contributed by atoms with Gasteiger partial charge in [0.15, 0.2) is 0 Å². The first-order chi connectivity index (χ1) is 12.1. The van der Waals surface area contributed by atoms with E-state index in [0.29, 0.717) is 17.8 Å². The lowest BCUT2D eigenvalue weighted by atomic mass is 10.1. The molecule has 0 fully saturated rings. The fourth-order valence-corrected chi connectivity index (χ4v) is 2.41. The Hall–Kier alpha value is -3.06. The lowest BCUT2D eigenvalue weighted by Crippen LogP contribution is -2.15. The number of hydrogen-bond acceptors (Lipinski definition) is 4. The Morgan fingerprint density at radius 2 is 2.04 bits per heavy atom. The lowest BCUT2D eigenvalue weighted by Gasteiger charge is -2.12. The minimum Gasteiger partial charge on any atom is -0.388 e. The molecule has 0 aliphatic heterocycles. The Balaban J connectivity index is 1.55. The van der Waals surface area contributed by atoms with Crippen molar-refractivity contribution in [3.63, 3.8) is 0 Å². The number of rotatable bonds is 6. The summed E-state index contributed by atoms with van der Waals surface area (Å²) in [5.41, 5.74) is 2.01. The number of anilines is 1. The van der Waals surface area contributed by atoms with Gasteiger partial charge in [0.1, 0.15) is 18.5 Å². The Morgan fingerprint density at radius 3 is 2.72 bits per heavy atom. The summed E-state index contributed by atoms with van der Waals surface area (Å²) >= 11 is 0. The standard InChI is InChI=1S/C18H17FN4O2/c19-15-3-1-2-14(8-15)17(24)9-18(25)22-16-6-4-13(5-7-16)10-23-12-20-11-21-23/h1-8,11-12,17,24H,9-10H2,(H,22,25). The Morgan fingerprint density at radius 1 is 1.24 bits per heavy atom. The molecule has 3 rings (SSSR count). The Bertz CT molecular complexity index is 835. The number of halogens is 1. The molecule has 7 heteroatoms. The maximum atomic E-state index is 13.2. The molecule has 0 aliphatic carbocycles. The second kappa shape index (κ2) is 7.67. The lowest BCUT2D eigenvalue weighted by molar-refractivity contribution is -0.118. The highest BCUT2D eigenvalue weighted by Crippen LogP contribution is 2.19. The number of nitrogens with zero attached hydrogens (tertiary/aromatic N) is 3. The van der Waals surface area contributed by atoms with Crippen LogP contribution < -0.4 is 5.32 Å². The monoisotopic (exact) mass is 340 g/mol. The maximum Gasteiger partial charge on any atom is 0.227 e. The number of aliphatic hydroxyl groups excluding tert-OH is 1. The van der Waals surface area contributed by atoms with E-state index in [1.54, 1.807) is 29.2 Å². The zero-order chi connectivity index (χ0) is 17.6. The van der Waals surface area contributed by atoms with Crippen molar-refractivity contribution < 1.29 is 14.3 Å². The van der Waals surface area contributed by atoms with Crippen LogP contribution in [0, 0.1) is 5.82 Å². The summed E-state index contributed by atoms with van der Waals surface area (Å²) in [4.78, 5) is 15.9. The third-order valence-electron chi connectivity index (χ3n) is 3.66. The summed E-state index contributed by atoms with van der Waals surface area (Å²) in [7, 11) is 0. The van der Waals surface area contributed by atoms with E-state index < -0.39 is 11.9 Å². The molecular formula is C18H17FN4O2. The summed E-state index contributed by atoms with van der Waals surface area (Å²) in [6, 6.07) is 12.9. The normalized spacial score (nSPS) is 11.9. The number of nitrogens with one attached hydrogen (secondary N) is 1. The van der Waals surface area contributed by atoms with Crippen LogP contribution in [-0.4, -0.2) is 25.8 Å². The van der Waals surface area contributed by atoms with Crippen LogP contribution in [0.15, 0.2) is 61.2 Å². The number of carbonyl (C=O) groups is 1. The fourth-order valence-electron chi connectivity index (χ4n) is 2.41. The van der Waals surface area contributed by atoms with Gasteiger partial charge in [-0.15, -0.1) is 0 Å². The van der Waals surface area contributed by atoms with Crippen molar-refractivity contribution in [2.45, 2.75) is 19.1 Å². The van der Waals surface area contributed by atoms with Gasteiger partial charge in [-0.2, -0.15) is 5.10 Å². The molecule has 0 saturated heterocycles. The molecule has 2 N–H and O–H groups in total. The van der Waals surface area contributed by atoms with Gasteiger partial charge in [-0.05, 0) is 35.4 Å². The largest absolute Gasteiger partial charge is 0.388 e. The fraction of sp³-hybridized carbons (Fsp3) is 0.167. The number of amides is 1. The van der Waals surface area contributed by atoms with Gasteiger partial charge in [-0.3, -0.25) is 4.79 Å². The molecule has 1 heterocycles. The third kappa shape index (κ3) is 4.71. The first kappa shape index (κ1) is 16.8. The van der Waals surface area contributed by atoms with Crippen LogP contribution >= 0.6 is 0 Å². The predicted molar refractivity (Wildman–Crippen MR) is 90.2 cm³/mol. The molecule has 0 spiro atoms. The smallest absolute Gasteiger partial charge is 0.227 e. The highest BCUT2D eigenvalue weighted by Gasteiger charge is 2.13. The van der Waals surface area contributed by atoms with Crippen LogP contribution in [0.5, 0.6) is 0 Å². The van der Waals surface area contributed by atoms with Crippen LogP contribution in [-0.2, 0) is 11.3 Å². The van der Waals surface area contributed by atoms with Gasteiger partial charge in [-0.1, -0.05) is 24.3 Å². The zero-order valence-electron chi connectivity index (χ0n) is 13.3. The van der Waals surface area contributed by atoms with E-state index in [1.165, 1.54) is 24.5 Å². The van der Waals surface area contributed by atoms with Gasteiger partial charge in [-0.25, -0.2) is 14.1 Å². The van der Waals surface area contributed by atoms with Gasteiger partial charge in [0.25, 0.3) is 0 Å². The number of carbonyl (C=O) groups excluding carboxylic acids is 1. The molecule has 25 heavy (non-hydrogen) atoms. The van der Waals surface area contributed by atoms with Crippen LogP contribution in [0.1, 0.15) is 23.7 Å². The number of benzene rings is 2. The van der Waals surface area contributed by atoms with E-state index in [4.69, 9.17) is 0 Å². The molecule has 0 aliphatic rings. The topological polar surface area (TPSA) is 80.0 Å². The van der Waals surface area contributed by atoms with Gasteiger partial charge in [0.05, 0.1) is 19.1 Å². The Labute approximate surface area is 144 Å². The average molecular weight is 340 g/mol. The second-order valence-corrected chi connectivity index (χ2v) is 5.61. The maximum absolute atomic E-state index is 13.2. The molecule has 1 aromatic heterocycles.